The van der Waals surface area contributed by atoms with E-state index in [4.69, 9.17) is 9.47 Å². The monoisotopic (exact) mass is 395 g/mol. The first kappa shape index (κ1) is 21.3. The molecule has 2 aromatic carbocycles. The van der Waals surface area contributed by atoms with Crippen molar-refractivity contribution in [3.8, 4) is 5.75 Å². The summed E-state index contributed by atoms with van der Waals surface area (Å²) in [6.45, 7) is 1.57. The van der Waals surface area contributed by atoms with Gasteiger partial charge in [0.25, 0.3) is 5.91 Å². The van der Waals surface area contributed by atoms with Crippen LogP contribution in [0.1, 0.15) is 24.0 Å². The highest BCUT2D eigenvalue weighted by Gasteiger charge is 2.33. The summed E-state index contributed by atoms with van der Waals surface area (Å²) < 4.78 is 48.9. The second-order valence-corrected chi connectivity index (χ2v) is 6.02. The van der Waals surface area contributed by atoms with Gasteiger partial charge in [-0.2, -0.15) is 13.2 Å². The molecule has 0 aliphatic carbocycles. The third kappa shape index (κ3) is 6.94. The van der Waals surface area contributed by atoms with E-state index in [2.05, 4.69) is 5.32 Å². The summed E-state index contributed by atoms with van der Waals surface area (Å²) in [4.78, 5) is 23.4. The number of aryl methyl sites for hydroxylation is 1. The Kier molecular flexibility index (Phi) is 7.43. The Morgan fingerprint density at radius 3 is 2.54 bits per heavy atom. The maximum atomic E-state index is 12.9. The first-order chi connectivity index (χ1) is 13.3. The molecule has 0 fully saturated rings. The number of esters is 1. The number of hydrogen-bond donors (Lipinski definition) is 1. The van der Waals surface area contributed by atoms with Gasteiger partial charge >= 0.3 is 12.1 Å². The highest BCUT2D eigenvalue weighted by Crippen LogP contribution is 2.34. The third-order valence-corrected chi connectivity index (χ3v) is 3.65. The zero-order valence-electron chi connectivity index (χ0n) is 15.2. The first-order valence-electron chi connectivity index (χ1n) is 8.57. The largest absolute Gasteiger partial charge is 0.494 e. The molecular weight excluding hydrogens is 375 g/mol. The van der Waals surface area contributed by atoms with Gasteiger partial charge in [0.2, 0.25) is 0 Å². The molecule has 0 heterocycles. The summed E-state index contributed by atoms with van der Waals surface area (Å²) in [6.07, 6.45) is -4.19. The van der Waals surface area contributed by atoms with Crippen LogP contribution in [0.15, 0.2) is 48.5 Å². The molecule has 0 aromatic heterocycles. The second-order valence-electron chi connectivity index (χ2n) is 6.02. The molecule has 0 unspecified atom stereocenters. The highest BCUT2D eigenvalue weighted by atomic mass is 19.4. The quantitative estimate of drug-likeness (QED) is 0.533. The van der Waals surface area contributed by atoms with Crippen LogP contribution in [-0.4, -0.2) is 25.1 Å². The van der Waals surface area contributed by atoms with Crippen LogP contribution >= 0.6 is 0 Å². The minimum atomic E-state index is -4.60. The normalized spacial score (nSPS) is 11.0. The number of rotatable bonds is 8. The van der Waals surface area contributed by atoms with Gasteiger partial charge in [-0.3, -0.25) is 9.59 Å². The molecule has 0 aliphatic rings. The predicted molar refractivity (Wildman–Crippen MR) is 96.9 cm³/mol. The van der Waals surface area contributed by atoms with Gasteiger partial charge in [0.15, 0.2) is 6.61 Å². The second kappa shape index (κ2) is 9.77. The van der Waals surface area contributed by atoms with Gasteiger partial charge in [-0.1, -0.05) is 24.3 Å². The van der Waals surface area contributed by atoms with E-state index >= 15 is 0 Å². The molecule has 0 saturated heterocycles. The predicted octanol–water partition coefficient (Wildman–Crippen LogP) is 4.35. The molecule has 1 amide bonds. The van der Waals surface area contributed by atoms with Crippen molar-refractivity contribution in [3.05, 3.63) is 59.7 Å². The molecule has 28 heavy (non-hydrogen) atoms. The molecule has 150 valence electrons. The number of nitrogens with one attached hydrogen (secondary N) is 1. The number of para-hydroxylation sites is 1. The SMILES string of the molecule is Cc1cccc(OCCCC(=O)OCC(=O)Nc2ccccc2C(F)(F)F)c1. The minimum Gasteiger partial charge on any atom is -0.494 e. The first-order valence-corrected chi connectivity index (χ1v) is 8.57. The Labute approximate surface area is 160 Å². The Morgan fingerprint density at radius 2 is 1.82 bits per heavy atom. The molecule has 0 aliphatic heterocycles. The number of carbonyl (C=O) groups is 2. The molecular formula is C20H20F3NO4. The number of hydrogen-bond acceptors (Lipinski definition) is 4. The molecule has 2 aromatic rings. The smallest absolute Gasteiger partial charge is 0.418 e. The van der Waals surface area contributed by atoms with E-state index in [9.17, 15) is 22.8 Å². The fourth-order valence-electron chi connectivity index (χ4n) is 2.36. The molecule has 5 nitrogen and oxygen atoms in total. The average Bonchev–Trinajstić information content (AvgIpc) is 2.63. The number of carbonyl (C=O) groups excluding carboxylic acids is 2. The van der Waals surface area contributed by atoms with E-state index < -0.39 is 30.2 Å². The van der Waals surface area contributed by atoms with Crippen molar-refractivity contribution in [2.75, 3.05) is 18.5 Å². The van der Waals surface area contributed by atoms with E-state index in [0.717, 1.165) is 17.7 Å². The summed E-state index contributed by atoms with van der Waals surface area (Å²) >= 11 is 0. The van der Waals surface area contributed by atoms with Gasteiger partial charge in [0.05, 0.1) is 17.9 Å². The number of anilines is 1. The van der Waals surface area contributed by atoms with Crippen LogP contribution in [0.25, 0.3) is 0 Å². The molecule has 8 heteroatoms. The van der Waals surface area contributed by atoms with E-state index in [1.165, 1.54) is 12.1 Å². The van der Waals surface area contributed by atoms with E-state index in [0.29, 0.717) is 18.8 Å². The molecule has 0 bridgehead atoms. The van der Waals surface area contributed by atoms with Crippen LogP contribution in [-0.2, 0) is 20.5 Å². The maximum Gasteiger partial charge on any atom is 0.418 e. The van der Waals surface area contributed by atoms with Crippen LogP contribution < -0.4 is 10.1 Å². The van der Waals surface area contributed by atoms with Crippen LogP contribution in [0.2, 0.25) is 0 Å². The van der Waals surface area contributed by atoms with Crippen molar-refractivity contribution in [3.63, 3.8) is 0 Å². The van der Waals surface area contributed by atoms with E-state index in [1.807, 2.05) is 25.1 Å². The summed E-state index contributed by atoms with van der Waals surface area (Å²) in [5.74, 6) is -0.788. The number of halogens is 3. The molecule has 0 spiro atoms. The number of amides is 1. The van der Waals surface area contributed by atoms with Gasteiger partial charge in [-0.15, -0.1) is 0 Å². The van der Waals surface area contributed by atoms with Crippen molar-refractivity contribution < 1.29 is 32.2 Å². The maximum absolute atomic E-state index is 12.9. The number of ether oxygens (including phenoxy) is 2. The lowest BCUT2D eigenvalue weighted by atomic mass is 10.1. The lowest BCUT2D eigenvalue weighted by Crippen LogP contribution is -2.22. The van der Waals surface area contributed by atoms with Crippen molar-refractivity contribution in [1.29, 1.82) is 0 Å². The average molecular weight is 395 g/mol. The summed E-state index contributed by atoms with van der Waals surface area (Å²) in [5.41, 5.74) is -0.305. The van der Waals surface area contributed by atoms with Crippen LogP contribution in [0.3, 0.4) is 0 Å². The van der Waals surface area contributed by atoms with Gasteiger partial charge in [0, 0.05) is 6.42 Å². The Morgan fingerprint density at radius 1 is 1.07 bits per heavy atom. The molecule has 1 N–H and O–H groups in total. The Balaban J connectivity index is 1.71. The van der Waals surface area contributed by atoms with Crippen LogP contribution in [0.4, 0.5) is 18.9 Å². The zero-order valence-corrected chi connectivity index (χ0v) is 15.2. The topological polar surface area (TPSA) is 64.6 Å². The molecule has 0 radical (unpaired) electrons. The minimum absolute atomic E-state index is 0.0260. The Bertz CT molecular complexity index is 821. The lowest BCUT2D eigenvalue weighted by Gasteiger charge is -2.13. The van der Waals surface area contributed by atoms with Gasteiger partial charge in [-0.25, -0.2) is 0 Å². The summed E-state index contributed by atoms with van der Waals surface area (Å²) in [5, 5.41) is 2.11. The molecule has 0 saturated carbocycles. The standard InChI is InChI=1S/C20H20F3NO4/c1-14-6-4-7-15(12-14)27-11-5-10-19(26)28-13-18(25)24-17-9-3-2-8-16(17)20(21,22)23/h2-4,6-9,12H,5,10-11,13H2,1H3,(H,24,25). The molecule has 2 rings (SSSR count). The van der Waals surface area contributed by atoms with Crippen molar-refractivity contribution in [2.45, 2.75) is 25.9 Å². The van der Waals surface area contributed by atoms with Gasteiger partial charge < -0.3 is 14.8 Å². The molecule has 0 atom stereocenters. The van der Waals surface area contributed by atoms with E-state index in [1.54, 1.807) is 6.07 Å². The fraction of sp³-hybridized carbons (Fsp3) is 0.300. The number of alkyl halides is 3. The fourth-order valence-corrected chi connectivity index (χ4v) is 2.36. The number of benzene rings is 2. The summed E-state index contributed by atoms with van der Waals surface area (Å²) in [6, 6.07) is 12.0. The third-order valence-electron chi connectivity index (χ3n) is 3.65. The van der Waals surface area contributed by atoms with Crippen molar-refractivity contribution in [2.24, 2.45) is 0 Å². The van der Waals surface area contributed by atoms with Crippen LogP contribution in [0, 0.1) is 6.92 Å². The highest BCUT2D eigenvalue weighted by molar-refractivity contribution is 5.93. The van der Waals surface area contributed by atoms with Crippen molar-refractivity contribution >= 4 is 17.6 Å². The summed E-state index contributed by atoms with van der Waals surface area (Å²) in [7, 11) is 0. The van der Waals surface area contributed by atoms with E-state index in [-0.39, 0.29) is 12.1 Å². The zero-order chi connectivity index (χ0) is 20.6. The lowest BCUT2D eigenvalue weighted by molar-refractivity contribution is -0.147. The van der Waals surface area contributed by atoms with Crippen LogP contribution in [0.5, 0.6) is 5.75 Å². The van der Waals surface area contributed by atoms with Crippen molar-refractivity contribution in [1.82, 2.24) is 0 Å². The Hall–Kier alpha value is -3.03. The van der Waals surface area contributed by atoms with Gasteiger partial charge in [0.1, 0.15) is 5.75 Å². The van der Waals surface area contributed by atoms with Gasteiger partial charge in [-0.05, 0) is 43.2 Å².